The van der Waals surface area contributed by atoms with E-state index in [4.69, 9.17) is 4.74 Å². The number of hydrogen-bond donors (Lipinski definition) is 2. The fraction of sp³-hybridized carbons (Fsp3) is 0.345. The number of pyridine rings is 1. The summed E-state index contributed by atoms with van der Waals surface area (Å²) in [6.45, 7) is 3.63. The minimum Gasteiger partial charge on any atom is -0.483 e. The minimum absolute atomic E-state index is 0.0136. The molecule has 0 radical (unpaired) electrons. The van der Waals surface area contributed by atoms with Crippen molar-refractivity contribution in [3.63, 3.8) is 0 Å². The van der Waals surface area contributed by atoms with Crippen molar-refractivity contribution >= 4 is 11.8 Å². The van der Waals surface area contributed by atoms with Crippen molar-refractivity contribution in [2.45, 2.75) is 45.0 Å². The van der Waals surface area contributed by atoms with E-state index in [9.17, 15) is 28.3 Å². The van der Waals surface area contributed by atoms with Crippen LogP contribution in [-0.4, -0.2) is 45.6 Å². The molecule has 0 saturated heterocycles. The molecule has 2 atom stereocenters. The zero-order chi connectivity index (χ0) is 27.9. The number of carbonyl (C=O) groups excluding carboxylic acids is 2. The van der Waals surface area contributed by atoms with E-state index < -0.39 is 34.4 Å². The molecule has 2 heterocycles. The first-order valence-electron chi connectivity index (χ1n) is 12.8. The molecule has 1 spiro atoms. The van der Waals surface area contributed by atoms with Crippen LogP contribution in [0.1, 0.15) is 52.2 Å². The van der Waals surface area contributed by atoms with E-state index in [0.29, 0.717) is 19.0 Å². The van der Waals surface area contributed by atoms with E-state index in [1.807, 2.05) is 44.2 Å². The highest BCUT2D eigenvalue weighted by atomic mass is 19.1. The maximum atomic E-state index is 14.1. The molecule has 10 heteroatoms. The molecule has 39 heavy (non-hydrogen) atoms. The average molecular weight is 538 g/mol. The Morgan fingerprint density at radius 3 is 2.56 bits per heavy atom. The summed E-state index contributed by atoms with van der Waals surface area (Å²) in [5.41, 5.74) is -0.907. The molecule has 204 valence electrons. The van der Waals surface area contributed by atoms with Gasteiger partial charge < -0.3 is 24.6 Å². The molecule has 0 unspecified atom stereocenters. The third-order valence-electron chi connectivity index (χ3n) is 7.52. The SMILES string of the molecule is CC(C)N1C[C@@]2(C[C@@H]2CO)n2cc(C(=O)NCc3ccc(F)cc3F)c(=O)c(OCc3ccccc3)c2C1=O. The third kappa shape index (κ3) is 4.80. The highest BCUT2D eigenvalue weighted by Gasteiger charge is 2.60. The van der Waals surface area contributed by atoms with Crippen LogP contribution in [0.4, 0.5) is 8.78 Å². The molecule has 1 fully saturated rings. The Labute approximate surface area is 223 Å². The largest absolute Gasteiger partial charge is 0.483 e. The smallest absolute Gasteiger partial charge is 0.274 e. The number of amides is 2. The third-order valence-corrected chi connectivity index (χ3v) is 7.52. The maximum Gasteiger partial charge on any atom is 0.274 e. The molecule has 2 amide bonds. The van der Waals surface area contributed by atoms with E-state index >= 15 is 0 Å². The Morgan fingerprint density at radius 2 is 1.92 bits per heavy atom. The average Bonchev–Trinajstić information content (AvgIpc) is 3.63. The van der Waals surface area contributed by atoms with Crippen LogP contribution >= 0.6 is 0 Å². The van der Waals surface area contributed by atoms with E-state index in [0.717, 1.165) is 11.6 Å². The lowest BCUT2D eigenvalue weighted by molar-refractivity contribution is 0.0548. The molecular weight excluding hydrogens is 508 g/mol. The summed E-state index contributed by atoms with van der Waals surface area (Å²) in [5.74, 6) is -3.20. The van der Waals surface area contributed by atoms with E-state index in [2.05, 4.69) is 5.32 Å². The van der Waals surface area contributed by atoms with Gasteiger partial charge in [-0.2, -0.15) is 0 Å². The van der Waals surface area contributed by atoms with Gasteiger partial charge in [0.25, 0.3) is 11.8 Å². The van der Waals surface area contributed by atoms with Crippen LogP contribution in [0.25, 0.3) is 0 Å². The molecule has 5 rings (SSSR count). The number of benzene rings is 2. The number of aliphatic hydroxyl groups excluding tert-OH is 1. The van der Waals surface area contributed by atoms with Crippen LogP contribution in [0, 0.1) is 17.6 Å². The Hall–Kier alpha value is -4.05. The number of ether oxygens (including phenoxy) is 1. The Morgan fingerprint density at radius 1 is 1.18 bits per heavy atom. The fourth-order valence-corrected chi connectivity index (χ4v) is 5.19. The summed E-state index contributed by atoms with van der Waals surface area (Å²) in [4.78, 5) is 42.2. The lowest BCUT2D eigenvalue weighted by Crippen LogP contribution is -2.52. The van der Waals surface area contributed by atoms with Crippen molar-refractivity contribution in [3.05, 3.63) is 99.0 Å². The summed E-state index contributed by atoms with van der Waals surface area (Å²) in [6.07, 6.45) is 1.89. The molecule has 0 bridgehead atoms. The standard InChI is InChI=1S/C29H29F2N3O5/c1-17(2)33-16-29(11-20(29)14-35)34-13-22(27(37)32-12-19-8-9-21(30)10-23(19)31)25(36)26(24(34)28(33)38)39-15-18-6-4-3-5-7-18/h3-10,13,17,20,35H,11-12,14-16H2,1-2H3,(H,32,37)/t20-,29-/m1/s1. The van der Waals surface area contributed by atoms with Crippen LogP contribution < -0.4 is 15.5 Å². The van der Waals surface area contributed by atoms with Crippen LogP contribution in [0.2, 0.25) is 0 Å². The minimum atomic E-state index is -0.827. The summed E-state index contributed by atoms with van der Waals surface area (Å²) in [5, 5.41) is 12.5. The second-order valence-corrected chi connectivity index (χ2v) is 10.3. The van der Waals surface area contributed by atoms with E-state index in [-0.39, 0.29) is 54.3 Å². The van der Waals surface area contributed by atoms with Crippen molar-refractivity contribution in [2.75, 3.05) is 13.2 Å². The van der Waals surface area contributed by atoms with Gasteiger partial charge in [0.15, 0.2) is 11.4 Å². The number of aliphatic hydroxyl groups is 1. The van der Waals surface area contributed by atoms with Gasteiger partial charge in [-0.25, -0.2) is 8.78 Å². The van der Waals surface area contributed by atoms with Gasteiger partial charge in [0.05, 0.1) is 5.54 Å². The van der Waals surface area contributed by atoms with Crippen molar-refractivity contribution in [1.82, 2.24) is 14.8 Å². The predicted molar refractivity (Wildman–Crippen MR) is 138 cm³/mol. The highest BCUT2D eigenvalue weighted by Crippen LogP contribution is 2.54. The van der Waals surface area contributed by atoms with Crippen LogP contribution in [0.15, 0.2) is 59.5 Å². The van der Waals surface area contributed by atoms with Crippen LogP contribution in [0.3, 0.4) is 0 Å². The second-order valence-electron chi connectivity index (χ2n) is 10.3. The van der Waals surface area contributed by atoms with Gasteiger partial charge in [-0.15, -0.1) is 0 Å². The van der Waals surface area contributed by atoms with Crippen LogP contribution in [0.5, 0.6) is 5.75 Å². The topological polar surface area (TPSA) is 101 Å². The van der Waals surface area contributed by atoms with Gasteiger partial charge in [0.1, 0.15) is 23.8 Å². The van der Waals surface area contributed by atoms with Crippen molar-refractivity contribution in [2.24, 2.45) is 5.92 Å². The summed E-state index contributed by atoms with van der Waals surface area (Å²) in [6, 6.07) is 11.9. The monoisotopic (exact) mass is 537 g/mol. The maximum absolute atomic E-state index is 14.1. The second kappa shape index (κ2) is 10.3. The molecule has 1 aliphatic heterocycles. The normalized spacial score (nSPS) is 19.8. The number of carbonyl (C=O) groups is 2. The Bertz CT molecular complexity index is 1490. The molecule has 3 aromatic rings. The highest BCUT2D eigenvalue weighted by molar-refractivity contribution is 5.99. The van der Waals surface area contributed by atoms with E-state index in [1.165, 1.54) is 12.3 Å². The van der Waals surface area contributed by atoms with Crippen molar-refractivity contribution < 1.29 is 28.2 Å². The fourth-order valence-electron chi connectivity index (χ4n) is 5.19. The Kier molecular flexibility index (Phi) is 6.98. The van der Waals surface area contributed by atoms with Crippen molar-refractivity contribution in [3.8, 4) is 5.75 Å². The van der Waals surface area contributed by atoms with Gasteiger partial charge in [0.2, 0.25) is 5.43 Å². The molecule has 1 saturated carbocycles. The summed E-state index contributed by atoms with van der Waals surface area (Å²) in [7, 11) is 0. The lowest BCUT2D eigenvalue weighted by atomic mass is 10.0. The van der Waals surface area contributed by atoms with Gasteiger partial charge >= 0.3 is 0 Å². The van der Waals surface area contributed by atoms with Gasteiger partial charge in [0, 0.05) is 49.5 Å². The van der Waals surface area contributed by atoms with Crippen molar-refractivity contribution in [1.29, 1.82) is 0 Å². The zero-order valence-electron chi connectivity index (χ0n) is 21.6. The quantitative estimate of drug-likeness (QED) is 0.460. The number of aromatic nitrogens is 1. The molecule has 2 aromatic carbocycles. The van der Waals surface area contributed by atoms with Gasteiger partial charge in [-0.05, 0) is 31.9 Å². The van der Waals surface area contributed by atoms with E-state index in [1.54, 1.807) is 9.47 Å². The Balaban J connectivity index is 1.58. The van der Waals surface area contributed by atoms with Crippen LogP contribution in [-0.2, 0) is 18.7 Å². The molecule has 8 nitrogen and oxygen atoms in total. The first-order valence-corrected chi connectivity index (χ1v) is 12.8. The van der Waals surface area contributed by atoms with Gasteiger partial charge in [-0.1, -0.05) is 36.4 Å². The first kappa shape index (κ1) is 26.6. The number of halogens is 2. The number of fused-ring (bicyclic) bond motifs is 2. The molecule has 2 N–H and O–H groups in total. The summed E-state index contributed by atoms with van der Waals surface area (Å²) >= 11 is 0. The van der Waals surface area contributed by atoms with Gasteiger partial charge in [-0.3, -0.25) is 14.4 Å². The molecular formula is C29H29F2N3O5. The number of rotatable bonds is 8. The first-order chi connectivity index (χ1) is 18.7. The lowest BCUT2D eigenvalue weighted by Gasteiger charge is -2.40. The molecule has 1 aromatic heterocycles. The summed E-state index contributed by atoms with van der Waals surface area (Å²) < 4.78 is 35.0. The zero-order valence-corrected chi connectivity index (χ0v) is 21.6. The number of nitrogens with zero attached hydrogens (tertiary/aromatic N) is 2. The number of hydrogen-bond acceptors (Lipinski definition) is 5. The predicted octanol–water partition coefficient (Wildman–Crippen LogP) is 3.21. The molecule has 1 aliphatic carbocycles. The molecule has 2 aliphatic rings. The number of nitrogens with one attached hydrogen (secondary N) is 1.